The predicted molar refractivity (Wildman–Crippen MR) is 131 cm³/mol. The molecule has 0 saturated carbocycles. The first-order chi connectivity index (χ1) is 16.4. The maximum Gasteiger partial charge on any atom is 0.395 e. The smallest absolute Gasteiger partial charge is 0.395 e. The third kappa shape index (κ3) is 4.76. The fourth-order valence-corrected chi connectivity index (χ4v) is 4.01. The topological polar surface area (TPSA) is 128 Å². The number of H-pyrrole nitrogens is 1. The van der Waals surface area contributed by atoms with Crippen molar-refractivity contribution < 1.29 is 19.5 Å². The molecule has 0 aliphatic rings. The number of halogens is 1. The number of benzene rings is 3. The summed E-state index contributed by atoms with van der Waals surface area (Å²) >= 11 is 3.51. The van der Waals surface area contributed by atoms with Crippen LogP contribution in [0.15, 0.2) is 63.9 Å². The van der Waals surface area contributed by atoms with Gasteiger partial charge in [0.05, 0.1) is 16.5 Å². The Bertz CT molecular complexity index is 1480. The van der Waals surface area contributed by atoms with Crippen LogP contribution in [0.2, 0.25) is 0 Å². The zero-order valence-electron chi connectivity index (χ0n) is 17.8. The minimum absolute atomic E-state index is 0.0422. The quantitative estimate of drug-likeness (QED) is 0.256. The average Bonchev–Trinajstić information content (AvgIpc) is 2.81. The summed E-state index contributed by atoms with van der Waals surface area (Å²) in [5.41, 5.74) is -0.354. The molecule has 0 unspecified atom stereocenters. The van der Waals surface area contributed by atoms with Gasteiger partial charge >= 0.3 is 11.2 Å². The summed E-state index contributed by atoms with van der Waals surface area (Å²) in [4.78, 5) is 27.5. The van der Waals surface area contributed by atoms with E-state index in [4.69, 9.17) is 9.47 Å². The monoisotopic (exact) mass is 523 g/mol. The molecule has 1 heterocycles. The first-order valence-corrected chi connectivity index (χ1v) is 10.8. The first kappa shape index (κ1) is 23.0. The number of nitrogens with one attached hydrogen (secondary N) is 1. The van der Waals surface area contributed by atoms with Crippen molar-refractivity contribution in [2.24, 2.45) is 0 Å². The molecule has 0 atom stereocenters. The Morgan fingerprint density at radius 3 is 2.68 bits per heavy atom. The molecule has 3 aromatic carbocycles. The third-order valence-corrected chi connectivity index (χ3v) is 5.60. The van der Waals surface area contributed by atoms with Gasteiger partial charge in [0.15, 0.2) is 11.5 Å². The van der Waals surface area contributed by atoms with E-state index in [-0.39, 0.29) is 5.82 Å². The molecule has 10 heteroatoms. The van der Waals surface area contributed by atoms with Gasteiger partial charge in [-0.1, -0.05) is 48.5 Å². The van der Waals surface area contributed by atoms with Gasteiger partial charge in [0.2, 0.25) is 0 Å². The summed E-state index contributed by atoms with van der Waals surface area (Å²) in [6.45, 7) is 0.332. The molecular weight excluding hydrogens is 506 g/mol. The number of nitro groups is 1. The highest BCUT2D eigenvalue weighted by molar-refractivity contribution is 9.10. The van der Waals surface area contributed by atoms with Crippen LogP contribution in [0.1, 0.15) is 17.0 Å². The SMILES string of the molecule is COc1cc(C=Cc2nc(O)c([N+](=O)[O-])c(=O)[nH]2)cc(Br)c1OCc1cccc2ccccc12. The van der Waals surface area contributed by atoms with Crippen LogP contribution >= 0.6 is 15.9 Å². The van der Waals surface area contributed by atoms with Gasteiger partial charge in [0.25, 0.3) is 5.88 Å². The van der Waals surface area contributed by atoms with Gasteiger partial charge in [-0.3, -0.25) is 14.9 Å². The van der Waals surface area contributed by atoms with Gasteiger partial charge in [0, 0.05) is 0 Å². The maximum atomic E-state index is 11.8. The molecule has 0 aliphatic heterocycles. The van der Waals surface area contributed by atoms with Crippen molar-refractivity contribution >= 4 is 44.5 Å². The van der Waals surface area contributed by atoms with Gasteiger partial charge in [-0.2, -0.15) is 4.98 Å². The third-order valence-electron chi connectivity index (χ3n) is 5.01. The minimum atomic E-state index is -1.05. The molecule has 0 bridgehead atoms. The van der Waals surface area contributed by atoms with Crippen molar-refractivity contribution in [3.63, 3.8) is 0 Å². The molecule has 0 spiro atoms. The highest BCUT2D eigenvalue weighted by Gasteiger charge is 2.21. The second-order valence-corrected chi connectivity index (χ2v) is 8.03. The summed E-state index contributed by atoms with van der Waals surface area (Å²) in [5.74, 6) is -0.00169. The molecule has 9 nitrogen and oxygen atoms in total. The Labute approximate surface area is 201 Å². The fourth-order valence-electron chi connectivity index (χ4n) is 3.44. The number of aromatic hydroxyl groups is 1. The van der Waals surface area contributed by atoms with Gasteiger partial charge in [0.1, 0.15) is 12.4 Å². The molecule has 0 saturated heterocycles. The number of nitrogens with zero attached hydrogens (tertiary/aromatic N) is 2. The number of aromatic amines is 1. The molecule has 0 aliphatic carbocycles. The Hall–Kier alpha value is -4.18. The fraction of sp³-hybridized carbons (Fsp3) is 0.0833. The van der Waals surface area contributed by atoms with E-state index in [1.807, 2.05) is 42.5 Å². The molecule has 4 aromatic rings. The number of rotatable bonds is 7. The molecule has 34 heavy (non-hydrogen) atoms. The Kier molecular flexibility index (Phi) is 6.60. The van der Waals surface area contributed by atoms with Crippen LogP contribution in [0.3, 0.4) is 0 Å². The zero-order chi connectivity index (χ0) is 24.2. The van der Waals surface area contributed by atoms with Crippen LogP contribution in [0.25, 0.3) is 22.9 Å². The maximum absolute atomic E-state index is 11.8. The van der Waals surface area contributed by atoms with Gasteiger partial charge in [-0.25, -0.2) is 0 Å². The highest BCUT2D eigenvalue weighted by atomic mass is 79.9. The number of methoxy groups -OCH3 is 1. The van der Waals surface area contributed by atoms with E-state index in [0.717, 1.165) is 16.3 Å². The van der Waals surface area contributed by atoms with Gasteiger partial charge in [-0.15, -0.1) is 0 Å². The summed E-state index contributed by atoms with van der Waals surface area (Å²) in [5, 5.41) is 22.7. The zero-order valence-corrected chi connectivity index (χ0v) is 19.4. The van der Waals surface area contributed by atoms with E-state index in [1.165, 1.54) is 13.2 Å². The predicted octanol–water partition coefficient (Wildman–Crippen LogP) is 5.06. The van der Waals surface area contributed by atoms with E-state index in [0.29, 0.717) is 28.1 Å². The Balaban J connectivity index is 1.59. The summed E-state index contributed by atoms with van der Waals surface area (Å²) < 4.78 is 12.2. The minimum Gasteiger partial charge on any atom is -0.493 e. The molecule has 2 N–H and O–H groups in total. The molecule has 0 radical (unpaired) electrons. The lowest BCUT2D eigenvalue weighted by Gasteiger charge is -2.14. The Morgan fingerprint density at radius 1 is 1.18 bits per heavy atom. The largest absolute Gasteiger partial charge is 0.493 e. The number of hydrogen-bond acceptors (Lipinski definition) is 7. The molecule has 1 aromatic heterocycles. The molecular formula is C24H18BrN3O6. The lowest BCUT2D eigenvalue weighted by Crippen LogP contribution is -2.14. The molecule has 172 valence electrons. The van der Waals surface area contributed by atoms with Gasteiger partial charge in [-0.05, 0) is 56.0 Å². The van der Waals surface area contributed by atoms with Crippen molar-refractivity contribution in [3.8, 4) is 17.4 Å². The second-order valence-electron chi connectivity index (χ2n) is 7.17. The van der Waals surface area contributed by atoms with Crippen LogP contribution in [-0.4, -0.2) is 27.1 Å². The van der Waals surface area contributed by atoms with Crippen LogP contribution < -0.4 is 15.0 Å². The van der Waals surface area contributed by atoms with E-state index >= 15 is 0 Å². The van der Waals surface area contributed by atoms with Crippen molar-refractivity contribution in [3.05, 3.63) is 96.5 Å². The van der Waals surface area contributed by atoms with Crippen molar-refractivity contribution in [2.75, 3.05) is 7.11 Å². The number of ether oxygens (including phenoxy) is 2. The van der Waals surface area contributed by atoms with E-state index < -0.39 is 22.0 Å². The lowest BCUT2D eigenvalue weighted by molar-refractivity contribution is -0.387. The average molecular weight is 524 g/mol. The van der Waals surface area contributed by atoms with Crippen molar-refractivity contribution in [2.45, 2.75) is 6.61 Å². The number of hydrogen-bond donors (Lipinski definition) is 2. The second kappa shape index (κ2) is 9.75. The van der Waals surface area contributed by atoms with Crippen LogP contribution in [0.4, 0.5) is 5.69 Å². The lowest BCUT2D eigenvalue weighted by atomic mass is 10.1. The molecule has 4 rings (SSSR count). The highest BCUT2D eigenvalue weighted by Crippen LogP contribution is 2.38. The first-order valence-electron chi connectivity index (χ1n) is 10.00. The number of aromatic nitrogens is 2. The summed E-state index contributed by atoms with van der Waals surface area (Å²) in [7, 11) is 1.52. The van der Waals surface area contributed by atoms with Crippen molar-refractivity contribution in [1.82, 2.24) is 9.97 Å². The molecule has 0 fully saturated rings. The summed E-state index contributed by atoms with van der Waals surface area (Å²) in [6.07, 6.45) is 3.01. The van der Waals surface area contributed by atoms with Crippen LogP contribution in [-0.2, 0) is 6.61 Å². The van der Waals surface area contributed by atoms with E-state index in [2.05, 4.69) is 25.9 Å². The van der Waals surface area contributed by atoms with E-state index in [1.54, 1.807) is 18.2 Å². The van der Waals surface area contributed by atoms with Crippen molar-refractivity contribution in [1.29, 1.82) is 0 Å². The van der Waals surface area contributed by atoms with Crippen LogP contribution in [0.5, 0.6) is 17.4 Å². The molecule has 0 amide bonds. The van der Waals surface area contributed by atoms with Gasteiger partial charge < -0.3 is 19.6 Å². The standard InChI is InChI=1S/C24H18BrN3O6/c1-33-19-12-14(9-10-20-26-23(29)21(28(31)32)24(30)27-20)11-18(25)22(19)34-13-16-7-4-6-15-5-2-3-8-17(15)16/h2-12H,13H2,1H3,(H2,26,27,29,30). The van der Waals surface area contributed by atoms with E-state index in [9.17, 15) is 20.0 Å². The summed E-state index contributed by atoms with van der Waals surface area (Å²) in [6, 6.07) is 17.6. The number of fused-ring (bicyclic) bond motifs is 1. The van der Waals surface area contributed by atoms with Crippen LogP contribution in [0, 0.1) is 10.1 Å². The Morgan fingerprint density at radius 2 is 1.94 bits per heavy atom. The normalized spacial score (nSPS) is 11.1.